The lowest BCUT2D eigenvalue weighted by molar-refractivity contribution is 0.327. The number of ether oxygens (including phenoxy) is 1. The maximum absolute atomic E-state index is 5.36. The highest BCUT2D eigenvalue weighted by atomic mass is 16.5. The molecule has 94 valence electrons. The van der Waals surface area contributed by atoms with E-state index in [4.69, 9.17) is 4.74 Å². The van der Waals surface area contributed by atoms with Crippen LogP contribution in [0.2, 0.25) is 0 Å². The molecule has 1 aliphatic rings. The summed E-state index contributed by atoms with van der Waals surface area (Å²) >= 11 is 0. The quantitative estimate of drug-likeness (QED) is 0.818. The standard InChI is InChI=1S/C13H21N3O/c1-2-17-13-7-5-6-12(15-13)14-8-11-16-9-3-4-10-16/h5-7H,2-4,8-11H2,1H3,(H,14,15). The second-order valence-corrected chi connectivity index (χ2v) is 4.27. The van der Waals surface area contributed by atoms with Crippen molar-refractivity contribution in [3.63, 3.8) is 0 Å². The van der Waals surface area contributed by atoms with Crippen molar-refractivity contribution < 1.29 is 4.74 Å². The smallest absolute Gasteiger partial charge is 0.215 e. The summed E-state index contributed by atoms with van der Waals surface area (Å²) in [5.41, 5.74) is 0. The van der Waals surface area contributed by atoms with Gasteiger partial charge in [-0.2, -0.15) is 4.98 Å². The van der Waals surface area contributed by atoms with E-state index in [0.717, 1.165) is 18.9 Å². The summed E-state index contributed by atoms with van der Waals surface area (Å²) in [7, 11) is 0. The fraction of sp³-hybridized carbons (Fsp3) is 0.615. The molecule has 0 spiro atoms. The van der Waals surface area contributed by atoms with Crippen LogP contribution in [0.3, 0.4) is 0 Å². The number of aromatic nitrogens is 1. The topological polar surface area (TPSA) is 37.4 Å². The molecule has 0 aliphatic carbocycles. The number of rotatable bonds is 6. The maximum atomic E-state index is 5.36. The highest BCUT2D eigenvalue weighted by Crippen LogP contribution is 2.11. The molecule has 2 heterocycles. The average molecular weight is 235 g/mol. The normalized spacial score (nSPS) is 16.1. The van der Waals surface area contributed by atoms with Gasteiger partial charge in [0, 0.05) is 19.2 Å². The molecule has 1 fully saturated rings. The third-order valence-corrected chi connectivity index (χ3v) is 2.95. The molecule has 4 heteroatoms. The highest BCUT2D eigenvalue weighted by molar-refractivity contribution is 5.36. The minimum atomic E-state index is 0.657. The van der Waals surface area contributed by atoms with Crippen LogP contribution in [0.1, 0.15) is 19.8 Å². The number of pyridine rings is 1. The van der Waals surface area contributed by atoms with E-state index in [0.29, 0.717) is 12.5 Å². The molecule has 0 bridgehead atoms. The van der Waals surface area contributed by atoms with E-state index in [1.165, 1.54) is 25.9 Å². The van der Waals surface area contributed by atoms with Crippen LogP contribution in [0.25, 0.3) is 0 Å². The van der Waals surface area contributed by atoms with Crippen molar-refractivity contribution in [2.45, 2.75) is 19.8 Å². The monoisotopic (exact) mass is 235 g/mol. The Hall–Kier alpha value is -1.29. The molecular weight excluding hydrogens is 214 g/mol. The van der Waals surface area contributed by atoms with Gasteiger partial charge >= 0.3 is 0 Å². The molecule has 0 unspecified atom stereocenters. The molecule has 0 atom stereocenters. The fourth-order valence-electron chi connectivity index (χ4n) is 2.09. The van der Waals surface area contributed by atoms with Crippen LogP contribution in [0.15, 0.2) is 18.2 Å². The van der Waals surface area contributed by atoms with Crippen molar-refractivity contribution in [2.75, 3.05) is 38.1 Å². The fourth-order valence-corrected chi connectivity index (χ4v) is 2.09. The van der Waals surface area contributed by atoms with E-state index in [-0.39, 0.29) is 0 Å². The first kappa shape index (κ1) is 12.2. The second kappa shape index (κ2) is 6.45. The van der Waals surface area contributed by atoms with Crippen molar-refractivity contribution in [1.82, 2.24) is 9.88 Å². The SMILES string of the molecule is CCOc1cccc(NCCN2CCCC2)n1. The van der Waals surface area contributed by atoms with Gasteiger partial charge in [-0.15, -0.1) is 0 Å². The average Bonchev–Trinajstić information content (AvgIpc) is 2.83. The van der Waals surface area contributed by atoms with E-state index in [2.05, 4.69) is 15.2 Å². The van der Waals surface area contributed by atoms with Crippen LogP contribution in [-0.2, 0) is 0 Å². The highest BCUT2D eigenvalue weighted by Gasteiger charge is 2.10. The number of hydrogen-bond donors (Lipinski definition) is 1. The number of likely N-dealkylation sites (tertiary alicyclic amines) is 1. The molecular formula is C13H21N3O. The molecule has 1 aromatic heterocycles. The van der Waals surface area contributed by atoms with Gasteiger partial charge < -0.3 is 15.0 Å². The number of nitrogens with zero attached hydrogens (tertiary/aromatic N) is 2. The first-order valence-corrected chi connectivity index (χ1v) is 6.44. The zero-order chi connectivity index (χ0) is 11.9. The predicted molar refractivity (Wildman–Crippen MR) is 69.6 cm³/mol. The summed E-state index contributed by atoms with van der Waals surface area (Å²) in [5.74, 6) is 1.59. The Balaban J connectivity index is 1.75. The minimum Gasteiger partial charge on any atom is -0.478 e. The van der Waals surface area contributed by atoms with Crippen molar-refractivity contribution in [1.29, 1.82) is 0 Å². The van der Waals surface area contributed by atoms with Crippen molar-refractivity contribution in [3.8, 4) is 5.88 Å². The molecule has 1 aliphatic heterocycles. The third-order valence-electron chi connectivity index (χ3n) is 2.95. The first-order chi connectivity index (χ1) is 8.38. The molecule has 0 saturated carbocycles. The van der Waals surface area contributed by atoms with Gasteiger partial charge in [0.1, 0.15) is 5.82 Å². The van der Waals surface area contributed by atoms with E-state index < -0.39 is 0 Å². The van der Waals surface area contributed by atoms with Crippen LogP contribution in [0.5, 0.6) is 5.88 Å². The summed E-state index contributed by atoms with van der Waals surface area (Å²) in [6.07, 6.45) is 2.69. The van der Waals surface area contributed by atoms with Crippen molar-refractivity contribution in [2.24, 2.45) is 0 Å². The van der Waals surface area contributed by atoms with Gasteiger partial charge in [0.2, 0.25) is 5.88 Å². The van der Waals surface area contributed by atoms with Gasteiger partial charge in [-0.05, 0) is 38.9 Å². The van der Waals surface area contributed by atoms with Gasteiger partial charge in [0.25, 0.3) is 0 Å². The molecule has 0 amide bonds. The van der Waals surface area contributed by atoms with E-state index in [1.54, 1.807) is 0 Å². The van der Waals surface area contributed by atoms with E-state index in [9.17, 15) is 0 Å². The second-order valence-electron chi connectivity index (χ2n) is 4.27. The lowest BCUT2D eigenvalue weighted by Gasteiger charge is -2.15. The molecule has 4 nitrogen and oxygen atoms in total. The van der Waals surface area contributed by atoms with E-state index >= 15 is 0 Å². The van der Waals surface area contributed by atoms with Gasteiger partial charge in [-0.25, -0.2) is 0 Å². The Labute approximate surface area is 103 Å². The third kappa shape index (κ3) is 3.89. The Bertz CT molecular complexity index is 337. The van der Waals surface area contributed by atoms with Crippen LogP contribution < -0.4 is 10.1 Å². The molecule has 1 saturated heterocycles. The Morgan fingerprint density at radius 3 is 2.94 bits per heavy atom. The van der Waals surface area contributed by atoms with Crippen LogP contribution in [0.4, 0.5) is 5.82 Å². The summed E-state index contributed by atoms with van der Waals surface area (Å²) in [5, 5.41) is 3.34. The molecule has 0 aromatic carbocycles. The lowest BCUT2D eigenvalue weighted by atomic mass is 10.4. The van der Waals surface area contributed by atoms with E-state index in [1.807, 2.05) is 25.1 Å². The number of hydrogen-bond acceptors (Lipinski definition) is 4. The molecule has 17 heavy (non-hydrogen) atoms. The van der Waals surface area contributed by atoms with Gasteiger partial charge in [-0.1, -0.05) is 6.07 Å². The molecule has 0 radical (unpaired) electrons. The Morgan fingerprint density at radius 1 is 1.35 bits per heavy atom. The summed E-state index contributed by atoms with van der Waals surface area (Å²) < 4.78 is 5.36. The first-order valence-electron chi connectivity index (χ1n) is 6.44. The summed E-state index contributed by atoms with van der Waals surface area (Å²) in [6, 6.07) is 5.83. The zero-order valence-corrected chi connectivity index (χ0v) is 10.5. The predicted octanol–water partition coefficient (Wildman–Crippen LogP) is 1.99. The Morgan fingerprint density at radius 2 is 2.18 bits per heavy atom. The van der Waals surface area contributed by atoms with Crippen molar-refractivity contribution >= 4 is 5.82 Å². The largest absolute Gasteiger partial charge is 0.478 e. The zero-order valence-electron chi connectivity index (χ0n) is 10.5. The van der Waals surface area contributed by atoms with Crippen LogP contribution >= 0.6 is 0 Å². The Kier molecular flexibility index (Phi) is 4.62. The number of anilines is 1. The van der Waals surface area contributed by atoms with Crippen LogP contribution in [0, 0.1) is 0 Å². The molecule has 1 N–H and O–H groups in total. The number of nitrogens with one attached hydrogen (secondary N) is 1. The molecule has 1 aromatic rings. The van der Waals surface area contributed by atoms with Crippen LogP contribution in [-0.4, -0.2) is 42.7 Å². The maximum Gasteiger partial charge on any atom is 0.215 e. The lowest BCUT2D eigenvalue weighted by Crippen LogP contribution is -2.26. The van der Waals surface area contributed by atoms with Crippen molar-refractivity contribution in [3.05, 3.63) is 18.2 Å². The molecule has 2 rings (SSSR count). The summed E-state index contributed by atoms with van der Waals surface area (Å²) in [6.45, 7) is 7.16. The van der Waals surface area contributed by atoms with Gasteiger partial charge in [0.05, 0.1) is 6.61 Å². The van der Waals surface area contributed by atoms with Gasteiger partial charge in [0.15, 0.2) is 0 Å². The van der Waals surface area contributed by atoms with Gasteiger partial charge in [-0.3, -0.25) is 0 Å². The summed E-state index contributed by atoms with van der Waals surface area (Å²) in [4.78, 5) is 6.86. The minimum absolute atomic E-state index is 0.657.